The molecule has 0 aromatic carbocycles. The summed E-state index contributed by atoms with van der Waals surface area (Å²) >= 11 is 0. The van der Waals surface area contributed by atoms with Crippen LogP contribution in [0.4, 0.5) is 0 Å². The van der Waals surface area contributed by atoms with Gasteiger partial charge in [-0.1, -0.05) is 12.1 Å². The molecule has 6 heteroatoms. The minimum Gasteiger partial charge on any atom is -0.389 e. The summed E-state index contributed by atoms with van der Waals surface area (Å²) in [6.07, 6.45) is 1.04. The van der Waals surface area contributed by atoms with Crippen LogP contribution in [0.25, 0.3) is 0 Å². The number of nitrogens with zero attached hydrogens (tertiary/aromatic N) is 3. The molecule has 0 bridgehead atoms. The molecule has 0 aliphatic carbocycles. The second-order valence-electron chi connectivity index (χ2n) is 3.40. The van der Waals surface area contributed by atoms with Crippen molar-refractivity contribution in [3.05, 3.63) is 11.9 Å². The van der Waals surface area contributed by atoms with Crippen LogP contribution in [0.3, 0.4) is 0 Å². The minimum absolute atomic E-state index is 0.255. The normalized spacial score (nSPS) is 15.2. The average Bonchev–Trinajstić information content (AvgIpc) is 2.65. The Labute approximate surface area is 88.5 Å². The Morgan fingerprint density at radius 3 is 2.87 bits per heavy atom. The van der Waals surface area contributed by atoms with Gasteiger partial charge in [-0.25, -0.2) is 4.68 Å². The molecule has 6 nitrogen and oxygen atoms in total. The Bertz CT molecular complexity index is 290. The Kier molecular flexibility index (Phi) is 4.67. The van der Waals surface area contributed by atoms with Crippen molar-refractivity contribution in [2.24, 2.45) is 0 Å². The zero-order valence-electron chi connectivity index (χ0n) is 9.00. The van der Waals surface area contributed by atoms with Gasteiger partial charge in [-0.15, -0.1) is 5.10 Å². The van der Waals surface area contributed by atoms with Crippen LogP contribution in [-0.4, -0.2) is 45.0 Å². The zero-order valence-corrected chi connectivity index (χ0v) is 9.00. The minimum atomic E-state index is -0.608. The highest BCUT2D eigenvalue weighted by atomic mass is 16.5. The van der Waals surface area contributed by atoms with E-state index in [1.165, 1.54) is 11.8 Å². The van der Waals surface area contributed by atoms with Gasteiger partial charge in [0.15, 0.2) is 0 Å². The third-order valence-electron chi connectivity index (χ3n) is 2.04. The van der Waals surface area contributed by atoms with Crippen molar-refractivity contribution in [3.8, 4) is 0 Å². The summed E-state index contributed by atoms with van der Waals surface area (Å²) < 4.78 is 6.29. The summed E-state index contributed by atoms with van der Waals surface area (Å²) in [5.41, 5.74) is 0.530. The molecule has 0 aliphatic heterocycles. The molecule has 1 heterocycles. The van der Waals surface area contributed by atoms with Gasteiger partial charge in [0.25, 0.3) is 0 Å². The van der Waals surface area contributed by atoms with Crippen molar-refractivity contribution in [1.82, 2.24) is 15.0 Å². The Morgan fingerprint density at radius 2 is 2.27 bits per heavy atom. The van der Waals surface area contributed by atoms with E-state index >= 15 is 0 Å². The monoisotopic (exact) mass is 215 g/mol. The van der Waals surface area contributed by atoms with Crippen molar-refractivity contribution >= 4 is 0 Å². The third kappa shape index (κ3) is 3.58. The average molecular weight is 215 g/mol. The molecule has 0 saturated heterocycles. The molecule has 1 aromatic rings. The number of methoxy groups -OCH3 is 1. The summed E-state index contributed by atoms with van der Waals surface area (Å²) in [6, 6.07) is 0. The Balaban J connectivity index is 2.52. The van der Waals surface area contributed by atoms with E-state index < -0.39 is 12.2 Å². The molecule has 0 radical (unpaired) electrons. The maximum atomic E-state index is 9.48. The molecule has 1 aromatic heterocycles. The van der Waals surface area contributed by atoms with Crippen LogP contribution in [0.5, 0.6) is 0 Å². The van der Waals surface area contributed by atoms with E-state index in [1.807, 2.05) is 6.92 Å². The van der Waals surface area contributed by atoms with Crippen LogP contribution in [0.1, 0.15) is 25.1 Å². The fraction of sp³-hybridized carbons (Fsp3) is 0.778. The van der Waals surface area contributed by atoms with Gasteiger partial charge in [0.2, 0.25) is 0 Å². The van der Waals surface area contributed by atoms with Crippen LogP contribution in [-0.2, 0) is 11.3 Å². The molecule has 0 spiro atoms. The summed E-state index contributed by atoms with van der Waals surface area (Å²) in [5, 5.41) is 26.5. The topological polar surface area (TPSA) is 80.4 Å². The SMILES string of the molecule is CCC(O)c1cn(CC(O)COC)nn1. The molecule has 2 atom stereocenters. The highest BCUT2D eigenvalue weighted by Crippen LogP contribution is 2.11. The highest BCUT2D eigenvalue weighted by molar-refractivity contribution is 4.96. The standard InChI is InChI=1S/C9H17N3O3/c1-3-9(14)8-5-12(11-10-8)4-7(13)6-15-2/h5,7,9,13-14H,3-4,6H2,1-2H3. The van der Waals surface area contributed by atoms with E-state index in [0.717, 1.165) is 0 Å². The summed E-state index contributed by atoms with van der Waals surface area (Å²) in [4.78, 5) is 0. The van der Waals surface area contributed by atoms with Crippen LogP contribution < -0.4 is 0 Å². The number of hydrogen-bond donors (Lipinski definition) is 2. The lowest BCUT2D eigenvalue weighted by Crippen LogP contribution is -2.21. The van der Waals surface area contributed by atoms with E-state index in [1.54, 1.807) is 6.20 Å². The lowest BCUT2D eigenvalue weighted by molar-refractivity contribution is 0.0510. The molecule has 0 amide bonds. The molecule has 0 saturated carbocycles. The van der Waals surface area contributed by atoms with Crippen LogP contribution in [0.15, 0.2) is 6.20 Å². The molecule has 0 aliphatic rings. The van der Waals surface area contributed by atoms with Gasteiger partial charge < -0.3 is 14.9 Å². The van der Waals surface area contributed by atoms with Crippen molar-refractivity contribution < 1.29 is 14.9 Å². The summed E-state index contributed by atoms with van der Waals surface area (Å²) in [7, 11) is 1.52. The Morgan fingerprint density at radius 1 is 1.53 bits per heavy atom. The molecular weight excluding hydrogens is 198 g/mol. The number of rotatable bonds is 6. The maximum Gasteiger partial charge on any atom is 0.111 e. The largest absolute Gasteiger partial charge is 0.389 e. The molecule has 0 fully saturated rings. The van der Waals surface area contributed by atoms with E-state index in [4.69, 9.17) is 4.74 Å². The molecule has 86 valence electrons. The first kappa shape index (κ1) is 12.1. The second kappa shape index (κ2) is 5.79. The fourth-order valence-corrected chi connectivity index (χ4v) is 1.23. The third-order valence-corrected chi connectivity index (χ3v) is 2.04. The maximum absolute atomic E-state index is 9.48. The summed E-state index contributed by atoms with van der Waals surface area (Å²) in [6.45, 7) is 2.44. The predicted molar refractivity (Wildman–Crippen MR) is 53.2 cm³/mol. The van der Waals surface area contributed by atoms with E-state index in [9.17, 15) is 10.2 Å². The number of hydrogen-bond acceptors (Lipinski definition) is 5. The van der Waals surface area contributed by atoms with Crippen LogP contribution in [0, 0.1) is 0 Å². The fourth-order valence-electron chi connectivity index (χ4n) is 1.23. The first-order valence-electron chi connectivity index (χ1n) is 4.92. The van der Waals surface area contributed by atoms with E-state index in [-0.39, 0.29) is 6.61 Å². The van der Waals surface area contributed by atoms with Crippen molar-refractivity contribution in [3.63, 3.8) is 0 Å². The summed E-state index contributed by atoms with van der Waals surface area (Å²) in [5.74, 6) is 0. The lowest BCUT2D eigenvalue weighted by Gasteiger charge is -2.08. The van der Waals surface area contributed by atoms with E-state index in [0.29, 0.717) is 18.7 Å². The second-order valence-corrected chi connectivity index (χ2v) is 3.40. The first-order valence-corrected chi connectivity index (χ1v) is 4.92. The molecular formula is C9H17N3O3. The van der Waals surface area contributed by atoms with Crippen molar-refractivity contribution in [1.29, 1.82) is 0 Å². The number of aromatic nitrogens is 3. The van der Waals surface area contributed by atoms with Gasteiger partial charge >= 0.3 is 0 Å². The van der Waals surface area contributed by atoms with E-state index in [2.05, 4.69) is 10.3 Å². The predicted octanol–water partition coefficient (Wildman–Crippen LogP) is -0.271. The zero-order chi connectivity index (χ0) is 11.3. The van der Waals surface area contributed by atoms with Gasteiger partial charge in [0, 0.05) is 7.11 Å². The van der Waals surface area contributed by atoms with Crippen LogP contribution in [0.2, 0.25) is 0 Å². The number of ether oxygens (including phenoxy) is 1. The van der Waals surface area contributed by atoms with Gasteiger partial charge in [0.05, 0.1) is 31.6 Å². The van der Waals surface area contributed by atoms with Crippen molar-refractivity contribution in [2.45, 2.75) is 32.1 Å². The lowest BCUT2D eigenvalue weighted by atomic mass is 10.2. The molecule has 15 heavy (non-hydrogen) atoms. The number of aliphatic hydroxyl groups excluding tert-OH is 2. The van der Waals surface area contributed by atoms with Gasteiger partial charge in [-0.2, -0.15) is 0 Å². The van der Waals surface area contributed by atoms with Crippen molar-refractivity contribution in [2.75, 3.05) is 13.7 Å². The van der Waals surface area contributed by atoms with Gasteiger partial charge in [0.1, 0.15) is 5.69 Å². The molecule has 2 unspecified atom stereocenters. The smallest absolute Gasteiger partial charge is 0.111 e. The van der Waals surface area contributed by atoms with Gasteiger partial charge in [-0.05, 0) is 6.42 Å². The Hall–Kier alpha value is -0.980. The quantitative estimate of drug-likeness (QED) is 0.682. The van der Waals surface area contributed by atoms with Crippen LogP contribution >= 0.6 is 0 Å². The highest BCUT2D eigenvalue weighted by Gasteiger charge is 2.11. The molecule has 1 rings (SSSR count). The molecule has 2 N–H and O–H groups in total. The first-order chi connectivity index (χ1) is 7.17. The number of aliphatic hydroxyl groups is 2. The van der Waals surface area contributed by atoms with Gasteiger partial charge in [-0.3, -0.25) is 0 Å².